The van der Waals surface area contributed by atoms with Crippen LogP contribution in [-0.4, -0.2) is 63.7 Å². The Kier molecular flexibility index (Phi) is 5.92. The molecule has 6 atom stereocenters. The van der Waals surface area contributed by atoms with Gasteiger partial charge in [0.2, 0.25) is 5.88 Å². The van der Waals surface area contributed by atoms with Crippen molar-refractivity contribution in [3.8, 4) is 5.88 Å². The molecule has 5 rings (SSSR count). The lowest BCUT2D eigenvalue weighted by molar-refractivity contribution is -0.0534. The average Bonchev–Trinajstić information content (AvgIpc) is 3.46. The van der Waals surface area contributed by atoms with Crippen LogP contribution in [0, 0.1) is 5.92 Å². The Labute approximate surface area is 189 Å². The van der Waals surface area contributed by atoms with Gasteiger partial charge in [0.1, 0.15) is 18.3 Å². The third kappa shape index (κ3) is 4.19. The minimum Gasteiger partial charge on any atom is -0.469 e. The molecule has 2 unspecified atom stereocenters. The van der Waals surface area contributed by atoms with Crippen molar-refractivity contribution in [1.29, 1.82) is 0 Å². The molecule has 3 aliphatic rings. The van der Waals surface area contributed by atoms with Gasteiger partial charge in [-0.15, -0.1) is 0 Å². The van der Waals surface area contributed by atoms with Gasteiger partial charge in [-0.3, -0.25) is 4.79 Å². The molecule has 3 heterocycles. The minimum atomic E-state index is -0.785. The smallest absolute Gasteiger partial charge is 0.252 e. The number of aromatic nitrogens is 2. The highest BCUT2D eigenvalue weighted by Gasteiger charge is 2.57. The van der Waals surface area contributed by atoms with Crippen LogP contribution >= 0.6 is 23.4 Å². The first-order chi connectivity index (χ1) is 15.0. The highest BCUT2D eigenvalue weighted by molar-refractivity contribution is 7.98. The van der Waals surface area contributed by atoms with Crippen molar-refractivity contribution in [3.05, 3.63) is 47.7 Å². The van der Waals surface area contributed by atoms with Gasteiger partial charge in [0.25, 0.3) is 5.24 Å². The maximum atomic E-state index is 11.6. The van der Waals surface area contributed by atoms with Gasteiger partial charge < -0.3 is 19.3 Å². The molecule has 164 valence electrons. The van der Waals surface area contributed by atoms with E-state index >= 15 is 0 Å². The number of aliphatic hydroxyl groups excluding tert-OH is 1. The van der Waals surface area contributed by atoms with Crippen molar-refractivity contribution in [3.63, 3.8) is 0 Å². The largest absolute Gasteiger partial charge is 0.469 e. The van der Waals surface area contributed by atoms with Crippen LogP contribution in [0.25, 0.3) is 0 Å². The molecule has 9 heteroatoms. The molecule has 0 spiro atoms. The van der Waals surface area contributed by atoms with Gasteiger partial charge in [-0.2, -0.15) is 4.98 Å². The number of thioether (sulfide) groups is 1. The van der Waals surface area contributed by atoms with Gasteiger partial charge in [-0.05, 0) is 48.2 Å². The van der Waals surface area contributed by atoms with Gasteiger partial charge in [-0.1, -0.05) is 30.0 Å². The van der Waals surface area contributed by atoms with Crippen LogP contribution in [0.4, 0.5) is 0 Å². The van der Waals surface area contributed by atoms with Crippen molar-refractivity contribution in [2.24, 2.45) is 5.92 Å². The van der Waals surface area contributed by atoms with Crippen LogP contribution in [0.1, 0.15) is 34.7 Å². The van der Waals surface area contributed by atoms with Gasteiger partial charge in [0.05, 0.1) is 12.7 Å². The molecule has 1 aliphatic carbocycles. The number of aliphatic hydroxyl groups is 1. The van der Waals surface area contributed by atoms with Crippen LogP contribution in [0.15, 0.2) is 41.7 Å². The van der Waals surface area contributed by atoms with Crippen molar-refractivity contribution in [1.82, 2.24) is 9.97 Å². The molecule has 3 fully saturated rings. The fourth-order valence-corrected chi connectivity index (χ4v) is 5.08. The van der Waals surface area contributed by atoms with Gasteiger partial charge in [0.15, 0.2) is 11.3 Å². The number of hydrogen-bond donors (Lipinski definition) is 1. The normalized spacial score (nSPS) is 30.7. The number of ether oxygens (including phenoxy) is 3. The topological polar surface area (TPSA) is 90.8 Å². The minimum absolute atomic E-state index is 0.0389. The van der Waals surface area contributed by atoms with E-state index in [1.165, 1.54) is 11.8 Å². The number of carbonyl (C=O) groups excluding carboxylic acids is 1. The van der Waals surface area contributed by atoms with E-state index in [1.54, 1.807) is 18.3 Å². The summed E-state index contributed by atoms with van der Waals surface area (Å²) in [6.45, 7) is 0.321. The van der Waals surface area contributed by atoms with Crippen molar-refractivity contribution in [2.45, 2.75) is 54.4 Å². The number of carbonyl (C=O) groups is 1. The van der Waals surface area contributed by atoms with Gasteiger partial charge >= 0.3 is 0 Å². The summed E-state index contributed by atoms with van der Waals surface area (Å²) in [5.41, 5.74) is 1.40. The maximum Gasteiger partial charge on any atom is 0.252 e. The summed E-state index contributed by atoms with van der Waals surface area (Å²) >= 11 is 7.13. The lowest BCUT2D eigenvalue weighted by atomic mass is 9.85. The van der Waals surface area contributed by atoms with Crippen molar-refractivity contribution in [2.75, 3.05) is 12.9 Å². The van der Waals surface area contributed by atoms with Crippen LogP contribution in [0.2, 0.25) is 0 Å². The van der Waals surface area contributed by atoms with Crippen LogP contribution in [0.3, 0.4) is 0 Å². The van der Waals surface area contributed by atoms with E-state index in [-0.39, 0.29) is 12.0 Å². The Bertz CT molecular complexity index is 974. The fourth-order valence-electron chi connectivity index (χ4n) is 4.61. The summed E-state index contributed by atoms with van der Waals surface area (Å²) < 4.78 is 18.3. The Morgan fingerprint density at radius 1 is 1.32 bits per heavy atom. The fraction of sp³-hybridized carbons (Fsp3) is 0.500. The molecular weight excluding hydrogens is 440 g/mol. The first-order valence-corrected chi connectivity index (χ1v) is 11.9. The predicted octanol–water partition coefficient (Wildman–Crippen LogP) is 3.05. The zero-order valence-corrected chi connectivity index (χ0v) is 18.5. The van der Waals surface area contributed by atoms with Gasteiger partial charge in [0, 0.05) is 23.7 Å². The summed E-state index contributed by atoms with van der Waals surface area (Å²) in [5.74, 6) is 0.815. The number of halogens is 1. The Hall–Kier alpha value is -1.71. The number of nitrogens with zero attached hydrogens (tertiary/aromatic N) is 2. The first-order valence-electron chi connectivity index (χ1n) is 10.3. The first kappa shape index (κ1) is 21.2. The monoisotopic (exact) mass is 462 g/mol. The molecule has 0 amide bonds. The standard InChI is InChI=1S/C22H23ClN2O5S/c1-31-22-24-8-7-15(25-22)29-14-10-28-20-17(26)19(30-18(14)20)16(11-5-6-11)12-3-2-4-13(9-12)21(23)27/h2-4,7-9,11,14,16-20,26H,5-6,10H2,1H3/t14-,16?,17-,18+,19?,20+/m0/s1. The number of rotatable bonds is 7. The summed E-state index contributed by atoms with van der Waals surface area (Å²) in [5, 5.41) is 11.2. The van der Waals surface area contributed by atoms with E-state index in [4.69, 9.17) is 25.8 Å². The van der Waals surface area contributed by atoms with Crippen LogP contribution in [-0.2, 0) is 9.47 Å². The van der Waals surface area contributed by atoms with E-state index in [2.05, 4.69) is 9.97 Å². The van der Waals surface area contributed by atoms with E-state index < -0.39 is 29.7 Å². The van der Waals surface area contributed by atoms with Gasteiger partial charge in [-0.25, -0.2) is 4.98 Å². The average molecular weight is 463 g/mol. The molecular formula is C22H23ClN2O5S. The zero-order valence-electron chi connectivity index (χ0n) is 16.9. The molecule has 7 nitrogen and oxygen atoms in total. The SMILES string of the molecule is CSc1nccc(O[C@H]2CO[C@H]3[C@@H]2OC(C(c2cccc(C(=O)Cl)c2)C2CC2)[C@@H]3O)n1. The number of benzene rings is 1. The maximum absolute atomic E-state index is 11.6. The molecule has 1 saturated carbocycles. The van der Waals surface area contributed by atoms with E-state index in [1.807, 2.05) is 24.5 Å². The molecule has 1 aromatic carbocycles. The summed E-state index contributed by atoms with van der Waals surface area (Å²) in [6, 6.07) is 9.00. The van der Waals surface area contributed by atoms with Crippen molar-refractivity contribution >= 4 is 28.6 Å². The van der Waals surface area contributed by atoms with Crippen LogP contribution in [0.5, 0.6) is 5.88 Å². The molecule has 0 bridgehead atoms. The molecule has 2 aliphatic heterocycles. The molecule has 1 N–H and O–H groups in total. The Morgan fingerprint density at radius 3 is 2.90 bits per heavy atom. The van der Waals surface area contributed by atoms with E-state index in [9.17, 15) is 9.90 Å². The summed E-state index contributed by atoms with van der Waals surface area (Å²) in [4.78, 5) is 20.2. The molecule has 2 saturated heterocycles. The second-order valence-corrected chi connectivity index (χ2v) is 9.27. The molecule has 31 heavy (non-hydrogen) atoms. The second-order valence-electron chi connectivity index (χ2n) is 8.15. The molecule has 0 radical (unpaired) electrons. The van der Waals surface area contributed by atoms with E-state index in [0.29, 0.717) is 29.1 Å². The van der Waals surface area contributed by atoms with E-state index in [0.717, 1.165) is 18.4 Å². The Morgan fingerprint density at radius 2 is 2.16 bits per heavy atom. The highest BCUT2D eigenvalue weighted by Crippen LogP contribution is 2.49. The summed E-state index contributed by atoms with van der Waals surface area (Å²) in [7, 11) is 0. The summed E-state index contributed by atoms with van der Waals surface area (Å²) in [6.07, 6.45) is 3.22. The Balaban J connectivity index is 1.36. The zero-order chi connectivity index (χ0) is 21.5. The lowest BCUT2D eigenvalue weighted by Gasteiger charge is -2.28. The molecule has 1 aromatic heterocycles. The quantitative estimate of drug-likeness (QED) is 0.381. The van der Waals surface area contributed by atoms with Crippen molar-refractivity contribution < 1.29 is 24.1 Å². The third-order valence-electron chi connectivity index (χ3n) is 6.18. The second kappa shape index (κ2) is 8.67. The molecule has 2 aromatic rings. The van der Waals surface area contributed by atoms with Crippen LogP contribution < -0.4 is 4.74 Å². The number of fused-ring (bicyclic) bond motifs is 1. The lowest BCUT2D eigenvalue weighted by Crippen LogP contribution is -2.36. The third-order valence-corrected chi connectivity index (χ3v) is 6.96. The number of hydrogen-bond acceptors (Lipinski definition) is 8. The highest BCUT2D eigenvalue weighted by atomic mass is 35.5. The predicted molar refractivity (Wildman–Crippen MR) is 115 cm³/mol.